The topological polar surface area (TPSA) is 89.2 Å². The van der Waals surface area contributed by atoms with E-state index in [-0.39, 0.29) is 30.0 Å². The van der Waals surface area contributed by atoms with Gasteiger partial charge in [0.05, 0.1) is 11.2 Å². The average molecular weight is 387 g/mol. The van der Waals surface area contributed by atoms with Gasteiger partial charge in [-0.15, -0.1) is 0 Å². The van der Waals surface area contributed by atoms with Crippen molar-refractivity contribution in [3.8, 4) is 0 Å². The lowest BCUT2D eigenvalue weighted by atomic mass is 10.3. The Hall–Kier alpha value is -2.81. The number of imide groups is 1. The second-order valence-corrected chi connectivity index (χ2v) is 7.12. The highest BCUT2D eigenvalue weighted by Gasteiger charge is 2.35. The van der Waals surface area contributed by atoms with Crippen molar-refractivity contribution >= 4 is 34.9 Å². The van der Waals surface area contributed by atoms with Crippen LogP contribution in [-0.2, 0) is 23.2 Å². The number of imidazole rings is 1. The van der Waals surface area contributed by atoms with Gasteiger partial charge in [0.2, 0.25) is 5.91 Å². The number of nitrogens with one attached hydrogen (secondary N) is 1. The molecule has 0 bridgehead atoms. The summed E-state index contributed by atoms with van der Waals surface area (Å²) in [4.78, 5) is 41.9. The zero-order valence-electron chi connectivity index (χ0n) is 15.0. The first kappa shape index (κ1) is 19.0. The van der Waals surface area contributed by atoms with Crippen molar-refractivity contribution in [1.29, 1.82) is 0 Å². The molecule has 0 atom stereocenters. The van der Waals surface area contributed by atoms with Gasteiger partial charge in [-0.2, -0.15) is 0 Å². The summed E-state index contributed by atoms with van der Waals surface area (Å²) in [6.07, 6.45) is 9.74. The van der Waals surface area contributed by atoms with Crippen LogP contribution in [0.15, 0.2) is 42.0 Å². The fourth-order valence-corrected chi connectivity index (χ4v) is 3.51. The number of aromatic nitrogens is 3. The number of carbonyl (C=O) groups excluding carboxylic acids is 3. The molecular formula is C18H21N5O3S. The van der Waals surface area contributed by atoms with Crippen LogP contribution in [0.25, 0.3) is 6.08 Å². The Balaban J connectivity index is 1.44. The van der Waals surface area contributed by atoms with Gasteiger partial charge in [0.15, 0.2) is 0 Å². The molecule has 3 rings (SSSR count). The Kier molecular flexibility index (Phi) is 6.12. The second-order valence-electron chi connectivity index (χ2n) is 6.13. The van der Waals surface area contributed by atoms with Gasteiger partial charge >= 0.3 is 0 Å². The minimum atomic E-state index is -0.348. The van der Waals surface area contributed by atoms with Crippen molar-refractivity contribution < 1.29 is 14.4 Å². The smallest absolute Gasteiger partial charge is 0.293 e. The molecule has 3 heterocycles. The molecule has 1 N–H and O–H groups in total. The van der Waals surface area contributed by atoms with Crippen LogP contribution in [0.4, 0.5) is 4.79 Å². The number of thioether (sulfide) groups is 1. The van der Waals surface area contributed by atoms with Gasteiger partial charge in [0.25, 0.3) is 11.1 Å². The van der Waals surface area contributed by atoms with Crippen molar-refractivity contribution in [2.75, 3.05) is 13.1 Å². The molecule has 1 aliphatic heterocycles. The van der Waals surface area contributed by atoms with Crippen LogP contribution in [-0.4, -0.2) is 49.2 Å². The van der Waals surface area contributed by atoms with Crippen LogP contribution >= 0.6 is 11.8 Å². The highest BCUT2D eigenvalue weighted by atomic mass is 32.2. The quantitative estimate of drug-likeness (QED) is 0.552. The maximum Gasteiger partial charge on any atom is 0.293 e. The van der Waals surface area contributed by atoms with Crippen molar-refractivity contribution in [3.63, 3.8) is 0 Å². The summed E-state index contributed by atoms with van der Waals surface area (Å²) in [7, 11) is 1.87. The van der Waals surface area contributed by atoms with Gasteiger partial charge in [0.1, 0.15) is 0 Å². The minimum Gasteiger partial charge on any atom is -0.356 e. The number of nitrogens with zero attached hydrogens (tertiary/aromatic N) is 4. The summed E-state index contributed by atoms with van der Waals surface area (Å²) in [5.74, 6) is -0.523. The van der Waals surface area contributed by atoms with E-state index in [0.29, 0.717) is 11.4 Å². The standard InChI is InChI=1S/C18H21N5O3S/c1-21-8-2-4-14(21)12-15-17(25)23(18(26)27-15)10-5-16(24)20-6-3-9-22-11-7-19-13-22/h2,4,7-8,11-13H,3,5-6,9-10H2,1H3,(H,20,24). The molecule has 0 spiro atoms. The van der Waals surface area contributed by atoms with E-state index in [1.807, 2.05) is 40.7 Å². The molecule has 1 fully saturated rings. The van der Waals surface area contributed by atoms with E-state index in [2.05, 4.69) is 10.3 Å². The van der Waals surface area contributed by atoms with Gasteiger partial charge in [-0.1, -0.05) is 0 Å². The average Bonchev–Trinajstić information content (AvgIpc) is 3.35. The number of hydrogen-bond donors (Lipinski definition) is 1. The number of amides is 3. The second kappa shape index (κ2) is 8.72. The van der Waals surface area contributed by atoms with Crippen LogP contribution in [0.1, 0.15) is 18.5 Å². The molecular weight excluding hydrogens is 366 g/mol. The highest BCUT2D eigenvalue weighted by Crippen LogP contribution is 2.32. The first-order chi connectivity index (χ1) is 13.0. The van der Waals surface area contributed by atoms with Crippen molar-refractivity contribution in [3.05, 3.63) is 47.6 Å². The molecule has 1 saturated heterocycles. The fourth-order valence-electron chi connectivity index (χ4n) is 2.66. The molecule has 8 nitrogen and oxygen atoms in total. The summed E-state index contributed by atoms with van der Waals surface area (Å²) in [5, 5.41) is 2.47. The van der Waals surface area contributed by atoms with Crippen LogP contribution in [0.3, 0.4) is 0 Å². The largest absolute Gasteiger partial charge is 0.356 e. The molecule has 0 saturated carbocycles. The fraction of sp³-hybridized carbons (Fsp3) is 0.333. The Morgan fingerprint density at radius 3 is 2.85 bits per heavy atom. The highest BCUT2D eigenvalue weighted by molar-refractivity contribution is 8.18. The lowest BCUT2D eigenvalue weighted by molar-refractivity contribution is -0.124. The molecule has 2 aromatic rings. The zero-order valence-corrected chi connectivity index (χ0v) is 15.8. The van der Waals surface area contributed by atoms with Crippen molar-refractivity contribution in [2.45, 2.75) is 19.4 Å². The predicted octanol–water partition coefficient (Wildman–Crippen LogP) is 1.85. The van der Waals surface area contributed by atoms with Gasteiger partial charge in [-0.05, 0) is 36.4 Å². The van der Waals surface area contributed by atoms with E-state index in [4.69, 9.17) is 0 Å². The van der Waals surface area contributed by atoms with E-state index in [9.17, 15) is 14.4 Å². The number of aryl methyl sites for hydroxylation is 2. The zero-order chi connectivity index (χ0) is 19.2. The van der Waals surface area contributed by atoms with Crippen molar-refractivity contribution in [1.82, 2.24) is 24.3 Å². The molecule has 0 aromatic carbocycles. The van der Waals surface area contributed by atoms with E-state index in [1.54, 1.807) is 18.6 Å². The lowest BCUT2D eigenvalue weighted by Gasteiger charge is -2.12. The molecule has 27 heavy (non-hydrogen) atoms. The van der Waals surface area contributed by atoms with Crippen LogP contribution in [0.5, 0.6) is 0 Å². The molecule has 0 unspecified atom stereocenters. The minimum absolute atomic E-state index is 0.0858. The Morgan fingerprint density at radius 2 is 2.15 bits per heavy atom. The molecule has 142 valence electrons. The summed E-state index contributed by atoms with van der Waals surface area (Å²) in [5.41, 5.74) is 0.844. The van der Waals surface area contributed by atoms with Gasteiger partial charge in [0, 0.05) is 57.4 Å². The summed E-state index contributed by atoms with van der Waals surface area (Å²) in [6.45, 7) is 1.39. The molecule has 3 amide bonds. The van der Waals surface area contributed by atoms with E-state index in [0.717, 1.165) is 35.3 Å². The van der Waals surface area contributed by atoms with Gasteiger partial charge in [-0.3, -0.25) is 19.3 Å². The maximum atomic E-state index is 12.4. The number of rotatable bonds is 8. The monoisotopic (exact) mass is 387 g/mol. The van der Waals surface area contributed by atoms with E-state index in [1.165, 1.54) is 0 Å². The molecule has 1 aliphatic rings. The first-order valence-electron chi connectivity index (χ1n) is 8.64. The van der Waals surface area contributed by atoms with E-state index >= 15 is 0 Å². The molecule has 0 radical (unpaired) electrons. The number of hydrogen-bond acceptors (Lipinski definition) is 5. The summed E-state index contributed by atoms with van der Waals surface area (Å²) >= 11 is 0.905. The molecule has 0 aliphatic carbocycles. The van der Waals surface area contributed by atoms with Gasteiger partial charge in [-0.25, -0.2) is 4.98 Å². The third-order valence-electron chi connectivity index (χ3n) is 4.17. The third kappa shape index (κ3) is 4.88. The Labute approximate surface area is 161 Å². The third-order valence-corrected chi connectivity index (χ3v) is 5.08. The SMILES string of the molecule is Cn1cccc1C=C1SC(=O)N(CCC(=O)NCCCn2ccnc2)C1=O. The predicted molar refractivity (Wildman–Crippen MR) is 103 cm³/mol. The van der Waals surface area contributed by atoms with Crippen LogP contribution < -0.4 is 5.32 Å². The normalized spacial score (nSPS) is 15.7. The first-order valence-corrected chi connectivity index (χ1v) is 9.45. The Morgan fingerprint density at radius 1 is 1.30 bits per heavy atom. The maximum absolute atomic E-state index is 12.4. The lowest BCUT2D eigenvalue weighted by Crippen LogP contribution is -2.34. The van der Waals surface area contributed by atoms with E-state index < -0.39 is 0 Å². The van der Waals surface area contributed by atoms with Crippen LogP contribution in [0, 0.1) is 0 Å². The Bertz CT molecular complexity index is 856. The van der Waals surface area contributed by atoms with Gasteiger partial charge < -0.3 is 14.5 Å². The molecule has 2 aromatic heterocycles. The number of carbonyl (C=O) groups is 3. The molecule has 9 heteroatoms. The van der Waals surface area contributed by atoms with Crippen LogP contribution in [0.2, 0.25) is 0 Å². The summed E-state index contributed by atoms with van der Waals surface area (Å²) in [6, 6.07) is 3.73. The van der Waals surface area contributed by atoms with Crippen molar-refractivity contribution in [2.24, 2.45) is 7.05 Å². The summed E-state index contributed by atoms with van der Waals surface area (Å²) < 4.78 is 3.80.